The van der Waals surface area contributed by atoms with Crippen LogP contribution in [0, 0.1) is 11.3 Å². The number of hydrogen-bond acceptors (Lipinski definition) is 0. The Morgan fingerprint density at radius 3 is 1.67 bits per heavy atom. The average Bonchev–Trinajstić information content (AvgIpc) is 3.00. The van der Waals surface area contributed by atoms with Gasteiger partial charge in [-0.15, -0.1) is 0 Å². The van der Waals surface area contributed by atoms with Crippen molar-refractivity contribution in [1.29, 1.82) is 0 Å². The zero-order valence-electron chi connectivity index (χ0n) is 28.1. The molecule has 0 saturated carbocycles. The van der Waals surface area contributed by atoms with Crippen molar-refractivity contribution in [3.63, 3.8) is 0 Å². The van der Waals surface area contributed by atoms with Gasteiger partial charge in [-0.3, -0.25) is 0 Å². The normalized spacial score (nSPS) is 11.7. The summed E-state index contributed by atoms with van der Waals surface area (Å²) >= 11 is 0. The summed E-state index contributed by atoms with van der Waals surface area (Å²) in [7, 11) is 0. The molecule has 0 bridgehead atoms. The lowest BCUT2D eigenvalue weighted by Gasteiger charge is -2.22. The molecule has 7 rings (SSSR count). The number of fused-ring (bicyclic) bond motifs is 6. The van der Waals surface area contributed by atoms with E-state index in [9.17, 15) is 0 Å². The standard InChI is InChI=1S/C31H20.C7H16.C3H8.C2H6/c1-2-7-19-10-5-12-24-25-13-6-11-20-14-15-26-27-17-22-9-4-3-8-21(22)16-23(27)18-28(29(19)24)31(26)30(20)25;1-6(2)7(3,4)5;1-3-2;1-2/h2-18H,1H3;6H,1-5H3;3H2,1-2H3;1-2H3/b7-2-;;;. The minimum absolute atomic E-state index is 0.500. The van der Waals surface area contributed by atoms with Crippen molar-refractivity contribution in [2.24, 2.45) is 11.3 Å². The monoisotopic (exact) mass is 566 g/mol. The summed E-state index contributed by atoms with van der Waals surface area (Å²) in [6.45, 7) is 21.6. The molecule has 222 valence electrons. The van der Waals surface area contributed by atoms with Crippen LogP contribution in [0.15, 0.2) is 97.1 Å². The van der Waals surface area contributed by atoms with Gasteiger partial charge in [0.2, 0.25) is 0 Å². The molecule has 0 unspecified atom stereocenters. The molecule has 0 atom stereocenters. The second-order valence-electron chi connectivity index (χ2n) is 12.7. The van der Waals surface area contributed by atoms with Crippen molar-refractivity contribution < 1.29 is 0 Å². The van der Waals surface area contributed by atoms with E-state index in [1.54, 1.807) is 0 Å². The van der Waals surface area contributed by atoms with Gasteiger partial charge >= 0.3 is 0 Å². The Hall–Kier alpha value is -3.90. The lowest BCUT2D eigenvalue weighted by Crippen LogP contribution is -2.12. The van der Waals surface area contributed by atoms with E-state index in [4.69, 9.17) is 0 Å². The highest BCUT2D eigenvalue weighted by Crippen LogP contribution is 2.45. The van der Waals surface area contributed by atoms with Gasteiger partial charge < -0.3 is 0 Å². The lowest BCUT2D eigenvalue weighted by molar-refractivity contribution is 0.283. The van der Waals surface area contributed by atoms with E-state index in [1.807, 2.05) is 13.8 Å². The van der Waals surface area contributed by atoms with Crippen LogP contribution in [-0.4, -0.2) is 0 Å². The van der Waals surface area contributed by atoms with Crippen molar-refractivity contribution in [1.82, 2.24) is 0 Å². The van der Waals surface area contributed by atoms with Crippen LogP contribution in [0.1, 0.15) is 81.2 Å². The van der Waals surface area contributed by atoms with Crippen LogP contribution in [-0.2, 0) is 0 Å². The third-order valence-corrected chi connectivity index (χ3v) is 8.56. The molecule has 0 heterocycles. The van der Waals surface area contributed by atoms with Crippen molar-refractivity contribution >= 4 is 70.7 Å². The van der Waals surface area contributed by atoms with E-state index < -0.39 is 0 Å². The molecule has 0 spiro atoms. The Kier molecular flexibility index (Phi) is 10.1. The second-order valence-corrected chi connectivity index (χ2v) is 12.7. The van der Waals surface area contributed by atoms with Crippen LogP contribution in [0.4, 0.5) is 0 Å². The maximum Gasteiger partial charge on any atom is -0.00137 e. The summed E-state index contributed by atoms with van der Waals surface area (Å²) in [5.74, 6) is 0.799. The van der Waals surface area contributed by atoms with Crippen LogP contribution in [0.5, 0.6) is 0 Å². The molecule has 0 heteroatoms. The fourth-order valence-corrected chi connectivity index (χ4v) is 5.56. The van der Waals surface area contributed by atoms with E-state index in [1.165, 1.54) is 76.6 Å². The summed E-state index contributed by atoms with van der Waals surface area (Å²) in [6, 6.07) is 33.9. The Bertz CT molecular complexity index is 1990. The summed E-state index contributed by atoms with van der Waals surface area (Å²) in [6.07, 6.45) is 5.63. The first kappa shape index (κ1) is 32.0. The maximum atomic E-state index is 2.42. The molecule has 0 aromatic heterocycles. The molecule has 0 amide bonds. The molecule has 0 aliphatic rings. The number of allylic oxidation sites excluding steroid dienone is 1. The first-order valence-corrected chi connectivity index (χ1v) is 16.3. The predicted octanol–water partition coefficient (Wildman–Crippen LogP) is 14.2. The molecule has 43 heavy (non-hydrogen) atoms. The smallest absolute Gasteiger partial charge is 0.00137 e. The molecule has 0 nitrogen and oxygen atoms in total. The van der Waals surface area contributed by atoms with Gasteiger partial charge in [-0.05, 0) is 107 Å². The highest BCUT2D eigenvalue weighted by Gasteiger charge is 2.17. The SMILES string of the molecule is C/C=C\c1cccc2c3cccc4ccc5c6cc7ccccc7cc6cc(c12)c5c43.CC.CC(C)C(C)(C)C.CCC. The van der Waals surface area contributed by atoms with Crippen LogP contribution < -0.4 is 0 Å². The molecule has 7 aromatic rings. The van der Waals surface area contributed by atoms with Gasteiger partial charge in [-0.2, -0.15) is 0 Å². The fourth-order valence-electron chi connectivity index (χ4n) is 5.56. The van der Waals surface area contributed by atoms with Gasteiger partial charge in [0, 0.05) is 0 Å². The third-order valence-electron chi connectivity index (χ3n) is 8.56. The van der Waals surface area contributed by atoms with E-state index in [-0.39, 0.29) is 0 Å². The molecule has 0 N–H and O–H groups in total. The van der Waals surface area contributed by atoms with Crippen molar-refractivity contribution in [3.8, 4) is 0 Å². The van der Waals surface area contributed by atoms with Crippen molar-refractivity contribution in [3.05, 3.63) is 103 Å². The van der Waals surface area contributed by atoms with Crippen LogP contribution in [0.3, 0.4) is 0 Å². The average molecular weight is 567 g/mol. The largest absolute Gasteiger partial charge is 0.0870 e. The third kappa shape index (κ3) is 6.25. The van der Waals surface area contributed by atoms with Crippen LogP contribution >= 0.6 is 0 Å². The van der Waals surface area contributed by atoms with Crippen LogP contribution in [0.2, 0.25) is 0 Å². The predicted molar refractivity (Wildman–Crippen MR) is 199 cm³/mol. The highest BCUT2D eigenvalue weighted by molar-refractivity contribution is 6.38. The molecular weight excluding hydrogens is 516 g/mol. The van der Waals surface area contributed by atoms with Gasteiger partial charge in [0.05, 0.1) is 0 Å². The Balaban J connectivity index is 0.000000306. The van der Waals surface area contributed by atoms with Crippen molar-refractivity contribution in [2.45, 2.75) is 75.7 Å². The maximum absolute atomic E-state index is 2.42. The van der Waals surface area contributed by atoms with Gasteiger partial charge in [0.1, 0.15) is 0 Å². The molecule has 7 aromatic carbocycles. The van der Waals surface area contributed by atoms with E-state index in [2.05, 4.69) is 159 Å². The number of hydrogen-bond donors (Lipinski definition) is 0. The summed E-state index contributed by atoms with van der Waals surface area (Å²) < 4.78 is 0. The number of benzene rings is 7. The fraction of sp³-hybridized carbons (Fsp3) is 0.302. The summed E-state index contributed by atoms with van der Waals surface area (Å²) in [5.41, 5.74) is 1.79. The van der Waals surface area contributed by atoms with Crippen LogP contribution in [0.25, 0.3) is 70.7 Å². The Morgan fingerprint density at radius 2 is 1.07 bits per heavy atom. The molecule has 0 aliphatic carbocycles. The summed E-state index contributed by atoms with van der Waals surface area (Å²) in [4.78, 5) is 0. The molecule has 0 saturated heterocycles. The van der Waals surface area contributed by atoms with E-state index in [0.29, 0.717) is 5.41 Å². The minimum atomic E-state index is 0.500. The lowest BCUT2D eigenvalue weighted by atomic mass is 9.84. The topological polar surface area (TPSA) is 0 Å². The summed E-state index contributed by atoms with van der Waals surface area (Å²) in [5, 5.41) is 16.0. The van der Waals surface area contributed by atoms with Crippen molar-refractivity contribution in [2.75, 3.05) is 0 Å². The first-order chi connectivity index (χ1) is 20.7. The van der Waals surface area contributed by atoms with Gasteiger partial charge in [-0.25, -0.2) is 0 Å². The number of rotatable bonds is 1. The molecule has 0 aliphatic heterocycles. The second kappa shape index (κ2) is 13.6. The zero-order valence-corrected chi connectivity index (χ0v) is 28.1. The van der Waals surface area contributed by atoms with E-state index in [0.717, 1.165) is 5.92 Å². The van der Waals surface area contributed by atoms with Gasteiger partial charge in [0.25, 0.3) is 0 Å². The Morgan fingerprint density at radius 1 is 0.558 bits per heavy atom. The Labute approximate surface area is 259 Å². The molecule has 0 fully saturated rings. The molecule has 0 radical (unpaired) electrons. The first-order valence-electron chi connectivity index (χ1n) is 16.3. The van der Waals surface area contributed by atoms with Gasteiger partial charge in [0.15, 0.2) is 0 Å². The van der Waals surface area contributed by atoms with E-state index >= 15 is 0 Å². The van der Waals surface area contributed by atoms with Gasteiger partial charge in [-0.1, -0.05) is 154 Å². The quantitative estimate of drug-likeness (QED) is 0.137. The highest BCUT2D eigenvalue weighted by atomic mass is 14.2. The molecular formula is C43H50. The zero-order chi connectivity index (χ0) is 31.3. The minimum Gasteiger partial charge on any atom is -0.0870 e.